The van der Waals surface area contributed by atoms with Crippen LogP contribution in [0.2, 0.25) is 0 Å². The molecule has 0 amide bonds. The average Bonchev–Trinajstić information content (AvgIpc) is 2.35. The van der Waals surface area contributed by atoms with Crippen LogP contribution in [0.3, 0.4) is 0 Å². The number of benzene rings is 1. The van der Waals surface area contributed by atoms with Crippen molar-refractivity contribution in [2.75, 3.05) is 14.2 Å². The van der Waals surface area contributed by atoms with E-state index in [2.05, 4.69) is 0 Å². The molecular formula is C14H16O4. The van der Waals surface area contributed by atoms with Crippen molar-refractivity contribution in [1.29, 1.82) is 0 Å². The lowest BCUT2D eigenvalue weighted by atomic mass is 10.1. The van der Waals surface area contributed by atoms with Gasteiger partial charge >= 0.3 is 0 Å². The van der Waals surface area contributed by atoms with Crippen LogP contribution in [0.1, 0.15) is 18.9 Å². The molecule has 18 heavy (non-hydrogen) atoms. The second-order valence-corrected chi connectivity index (χ2v) is 3.82. The van der Waals surface area contributed by atoms with Gasteiger partial charge in [0.05, 0.1) is 20.6 Å². The van der Waals surface area contributed by atoms with Crippen LogP contribution in [0, 0.1) is 0 Å². The SMILES string of the molecule is COc1cc(/C=C\C(=O)CC(C)=O)cc(OC)c1. The summed E-state index contributed by atoms with van der Waals surface area (Å²) in [6.07, 6.45) is 2.95. The fourth-order valence-corrected chi connectivity index (χ4v) is 1.42. The van der Waals surface area contributed by atoms with Crippen LogP contribution in [0.15, 0.2) is 24.3 Å². The molecule has 1 rings (SSSR count). The Kier molecular flexibility index (Phi) is 5.11. The van der Waals surface area contributed by atoms with Gasteiger partial charge in [0, 0.05) is 6.07 Å². The summed E-state index contributed by atoms with van der Waals surface area (Å²) in [6, 6.07) is 5.30. The first-order valence-corrected chi connectivity index (χ1v) is 5.48. The molecule has 0 heterocycles. The first kappa shape index (κ1) is 14.0. The maximum atomic E-state index is 11.4. The van der Waals surface area contributed by atoms with Crippen LogP contribution in [-0.4, -0.2) is 25.8 Å². The molecule has 4 heteroatoms. The first-order chi connectivity index (χ1) is 8.55. The molecular weight excluding hydrogens is 232 g/mol. The molecule has 0 aliphatic carbocycles. The number of rotatable bonds is 6. The highest BCUT2D eigenvalue weighted by atomic mass is 16.5. The molecule has 0 aliphatic heterocycles. The van der Waals surface area contributed by atoms with Gasteiger partial charge in [0.25, 0.3) is 0 Å². The van der Waals surface area contributed by atoms with Crippen molar-refractivity contribution in [2.45, 2.75) is 13.3 Å². The van der Waals surface area contributed by atoms with Gasteiger partial charge in [-0.15, -0.1) is 0 Å². The van der Waals surface area contributed by atoms with Crippen molar-refractivity contribution < 1.29 is 19.1 Å². The van der Waals surface area contributed by atoms with E-state index in [4.69, 9.17) is 9.47 Å². The number of ketones is 2. The molecule has 1 aromatic carbocycles. The van der Waals surface area contributed by atoms with Crippen LogP contribution in [-0.2, 0) is 9.59 Å². The van der Waals surface area contributed by atoms with Gasteiger partial charge in [0.1, 0.15) is 17.3 Å². The van der Waals surface area contributed by atoms with Crippen molar-refractivity contribution in [3.05, 3.63) is 29.8 Å². The third-order valence-electron chi connectivity index (χ3n) is 2.26. The fraction of sp³-hybridized carbons (Fsp3) is 0.286. The Morgan fingerprint density at radius 1 is 1.11 bits per heavy atom. The highest BCUT2D eigenvalue weighted by Crippen LogP contribution is 2.23. The van der Waals surface area contributed by atoms with Gasteiger partial charge < -0.3 is 9.47 Å². The topological polar surface area (TPSA) is 52.6 Å². The minimum atomic E-state index is -0.218. The van der Waals surface area contributed by atoms with E-state index >= 15 is 0 Å². The van der Waals surface area contributed by atoms with E-state index < -0.39 is 0 Å². The summed E-state index contributed by atoms with van der Waals surface area (Å²) < 4.78 is 10.2. The number of methoxy groups -OCH3 is 2. The Balaban J connectivity index is 2.86. The lowest BCUT2D eigenvalue weighted by molar-refractivity contribution is -0.123. The summed E-state index contributed by atoms with van der Waals surface area (Å²) in [5.74, 6) is 0.929. The summed E-state index contributed by atoms with van der Waals surface area (Å²) in [5, 5.41) is 0. The Morgan fingerprint density at radius 2 is 1.67 bits per heavy atom. The van der Waals surface area contributed by atoms with Crippen LogP contribution in [0.4, 0.5) is 0 Å². The van der Waals surface area contributed by atoms with Gasteiger partial charge in [-0.25, -0.2) is 0 Å². The van der Waals surface area contributed by atoms with Crippen molar-refractivity contribution in [1.82, 2.24) is 0 Å². The molecule has 0 radical (unpaired) electrons. The quantitative estimate of drug-likeness (QED) is 0.572. The highest BCUT2D eigenvalue weighted by molar-refractivity contribution is 6.05. The minimum absolute atomic E-state index is 0.0718. The smallest absolute Gasteiger partial charge is 0.163 e. The van der Waals surface area contributed by atoms with E-state index in [9.17, 15) is 9.59 Å². The lowest BCUT2D eigenvalue weighted by Crippen LogP contribution is -2.00. The molecule has 0 fully saturated rings. The summed E-state index contributed by atoms with van der Waals surface area (Å²) in [7, 11) is 3.12. The fourth-order valence-electron chi connectivity index (χ4n) is 1.42. The van der Waals surface area contributed by atoms with E-state index in [1.54, 1.807) is 38.5 Å². The van der Waals surface area contributed by atoms with Crippen molar-refractivity contribution in [3.8, 4) is 11.5 Å². The molecule has 0 spiro atoms. The molecule has 1 aromatic rings. The summed E-state index contributed by atoms with van der Waals surface area (Å²) in [5.41, 5.74) is 0.781. The number of Topliss-reactive ketones (excluding diaryl/α,β-unsaturated/α-hetero) is 1. The molecule has 0 unspecified atom stereocenters. The van der Waals surface area contributed by atoms with Gasteiger partial charge in [-0.3, -0.25) is 9.59 Å². The van der Waals surface area contributed by atoms with Crippen LogP contribution in [0.25, 0.3) is 6.08 Å². The Labute approximate surface area is 106 Å². The van der Waals surface area contributed by atoms with E-state index in [-0.39, 0.29) is 18.0 Å². The first-order valence-electron chi connectivity index (χ1n) is 5.48. The molecule has 0 atom stereocenters. The molecule has 0 aromatic heterocycles. The average molecular weight is 248 g/mol. The van der Waals surface area contributed by atoms with Crippen molar-refractivity contribution in [2.24, 2.45) is 0 Å². The molecule has 96 valence electrons. The molecule has 0 aliphatic rings. The van der Waals surface area contributed by atoms with Gasteiger partial charge in [-0.05, 0) is 30.7 Å². The van der Waals surface area contributed by atoms with Gasteiger partial charge in [-0.1, -0.05) is 6.08 Å². The van der Waals surface area contributed by atoms with Gasteiger partial charge in [0.15, 0.2) is 5.78 Å². The van der Waals surface area contributed by atoms with E-state index in [1.165, 1.54) is 13.0 Å². The molecule has 0 bridgehead atoms. The monoisotopic (exact) mass is 248 g/mol. The lowest BCUT2D eigenvalue weighted by Gasteiger charge is -2.05. The van der Waals surface area contributed by atoms with E-state index in [1.807, 2.05) is 0 Å². The van der Waals surface area contributed by atoms with E-state index in [0.29, 0.717) is 11.5 Å². The second kappa shape index (κ2) is 6.59. The van der Waals surface area contributed by atoms with Crippen molar-refractivity contribution in [3.63, 3.8) is 0 Å². The third kappa shape index (κ3) is 4.41. The number of ether oxygens (including phenoxy) is 2. The summed E-state index contributed by atoms with van der Waals surface area (Å²) >= 11 is 0. The molecule has 0 saturated heterocycles. The standard InChI is InChI=1S/C14H16O4/c1-10(15)6-12(16)5-4-11-7-13(17-2)9-14(8-11)18-3/h4-5,7-9H,6H2,1-3H3/b5-4-. The normalized spacial score (nSPS) is 10.4. The molecule has 0 saturated carbocycles. The zero-order valence-electron chi connectivity index (χ0n) is 10.7. The van der Waals surface area contributed by atoms with Crippen LogP contribution >= 0.6 is 0 Å². The van der Waals surface area contributed by atoms with Crippen LogP contribution < -0.4 is 9.47 Å². The van der Waals surface area contributed by atoms with Gasteiger partial charge in [0.2, 0.25) is 0 Å². The van der Waals surface area contributed by atoms with Gasteiger partial charge in [-0.2, -0.15) is 0 Å². The Bertz CT molecular complexity index is 452. The number of allylic oxidation sites excluding steroid dienone is 1. The second-order valence-electron chi connectivity index (χ2n) is 3.82. The minimum Gasteiger partial charge on any atom is -0.497 e. The number of hydrogen-bond donors (Lipinski definition) is 0. The van der Waals surface area contributed by atoms with Crippen molar-refractivity contribution >= 4 is 17.6 Å². The predicted molar refractivity (Wildman–Crippen MR) is 68.9 cm³/mol. The summed E-state index contributed by atoms with van der Waals surface area (Å²) in [6.45, 7) is 1.39. The Morgan fingerprint density at radius 3 is 2.11 bits per heavy atom. The summed E-state index contributed by atoms with van der Waals surface area (Å²) in [4.78, 5) is 22.1. The predicted octanol–water partition coefficient (Wildman–Crippen LogP) is 2.27. The largest absolute Gasteiger partial charge is 0.497 e. The zero-order chi connectivity index (χ0) is 13.5. The Hall–Kier alpha value is -2.10. The maximum Gasteiger partial charge on any atom is 0.163 e. The number of hydrogen-bond acceptors (Lipinski definition) is 4. The van der Waals surface area contributed by atoms with E-state index in [0.717, 1.165) is 5.56 Å². The third-order valence-corrected chi connectivity index (χ3v) is 2.26. The zero-order valence-corrected chi connectivity index (χ0v) is 10.7. The van der Waals surface area contributed by atoms with Crippen LogP contribution in [0.5, 0.6) is 11.5 Å². The molecule has 0 N–H and O–H groups in total. The highest BCUT2D eigenvalue weighted by Gasteiger charge is 2.02. The number of carbonyl (C=O) groups is 2. The molecule has 4 nitrogen and oxygen atoms in total. The maximum absolute atomic E-state index is 11.4. The number of carbonyl (C=O) groups excluding carboxylic acids is 2.